The maximum absolute atomic E-state index is 0. The van der Waals surface area contributed by atoms with Crippen LogP contribution < -0.4 is 0 Å². The van der Waals surface area contributed by atoms with Crippen LogP contribution in [0.2, 0.25) is 0 Å². The minimum atomic E-state index is 0. The SMILES string of the molecule is [Y].[Y].[Y].[Y].[Y].[Y].[Y].[Y].[Y].[Y].[Y]. The number of hydrogen-bond acceptors (Lipinski definition) is 0. The molecule has 0 unspecified atom stereocenters. The molecule has 0 N–H and O–H groups in total. The van der Waals surface area contributed by atoms with E-state index >= 15 is 0 Å². The summed E-state index contributed by atoms with van der Waals surface area (Å²) >= 11 is 0. The van der Waals surface area contributed by atoms with Gasteiger partial charge in [0.2, 0.25) is 0 Å². The topological polar surface area (TPSA) is 0 Å². The molecule has 0 bridgehead atoms. The molecule has 11 radical (unpaired) electrons. The Morgan fingerprint density at radius 1 is 0.0909 bits per heavy atom. The van der Waals surface area contributed by atoms with Gasteiger partial charge in [0.1, 0.15) is 0 Å². The van der Waals surface area contributed by atoms with Crippen molar-refractivity contribution in [3.63, 3.8) is 0 Å². The molecule has 0 fully saturated rings. The standard InChI is InChI=1S/11Y. The normalized spacial score (nSPS) is 0. The molecule has 11 heteroatoms. The second-order valence-electron chi connectivity index (χ2n) is 0. The Labute approximate surface area is 347 Å². The van der Waals surface area contributed by atoms with Gasteiger partial charge in [-0.2, -0.15) is 0 Å². The van der Waals surface area contributed by atoms with Crippen molar-refractivity contribution in [1.29, 1.82) is 0 Å². The van der Waals surface area contributed by atoms with Gasteiger partial charge in [0.25, 0.3) is 0 Å². The molecule has 0 aromatic heterocycles. The van der Waals surface area contributed by atoms with Crippen LogP contribution in [0.15, 0.2) is 0 Å². The van der Waals surface area contributed by atoms with Gasteiger partial charge in [-0.05, 0) is 0 Å². The molecule has 0 heterocycles. The van der Waals surface area contributed by atoms with E-state index in [9.17, 15) is 0 Å². The van der Waals surface area contributed by atoms with Gasteiger partial charge in [0, 0.05) is 360 Å². The van der Waals surface area contributed by atoms with Gasteiger partial charge in [0.15, 0.2) is 0 Å². The maximum atomic E-state index is 0. The quantitative estimate of drug-likeness (QED) is 0.321. The Hall–Kier alpha value is 12.1. The van der Waals surface area contributed by atoms with Gasteiger partial charge in [-0.25, -0.2) is 0 Å². The van der Waals surface area contributed by atoms with Crippen molar-refractivity contribution in [3.05, 3.63) is 0 Å². The van der Waals surface area contributed by atoms with Crippen LogP contribution in [0.5, 0.6) is 0 Å². The zero-order chi connectivity index (χ0) is 0. The molecule has 0 saturated heterocycles. The summed E-state index contributed by atoms with van der Waals surface area (Å²) in [5, 5.41) is 0. The average Bonchev–Trinajstić information content (AvgIpc) is 0. The monoisotopic (exact) mass is 978 g/mol. The maximum Gasteiger partial charge on any atom is 0 e. The van der Waals surface area contributed by atoms with Gasteiger partial charge in [-0.15, -0.1) is 0 Å². The van der Waals surface area contributed by atoms with Gasteiger partial charge in [-0.3, -0.25) is 0 Å². The van der Waals surface area contributed by atoms with Crippen LogP contribution in [0.1, 0.15) is 0 Å². The molecule has 11 heavy (non-hydrogen) atoms. The van der Waals surface area contributed by atoms with E-state index in [4.69, 9.17) is 0 Å². The van der Waals surface area contributed by atoms with Crippen molar-refractivity contribution in [1.82, 2.24) is 0 Å². The molecule has 0 aliphatic heterocycles. The Balaban J connectivity index is 0. The molecule has 33 valence electrons. The molecule has 0 aliphatic carbocycles. The van der Waals surface area contributed by atoms with E-state index in [1.807, 2.05) is 0 Å². The molecule has 0 amide bonds. The van der Waals surface area contributed by atoms with E-state index in [0.717, 1.165) is 0 Å². The molecule has 0 atom stereocenters. The summed E-state index contributed by atoms with van der Waals surface area (Å²) in [5.41, 5.74) is 0. The smallest absolute Gasteiger partial charge is 0 e. The average molecular weight is 978 g/mol. The van der Waals surface area contributed by atoms with E-state index in [1.165, 1.54) is 0 Å². The van der Waals surface area contributed by atoms with Crippen molar-refractivity contribution in [2.75, 3.05) is 0 Å². The van der Waals surface area contributed by atoms with E-state index in [2.05, 4.69) is 0 Å². The third-order valence-corrected chi connectivity index (χ3v) is 0. The molecule has 0 aromatic rings. The molecule has 0 nitrogen and oxygen atoms in total. The van der Waals surface area contributed by atoms with E-state index in [0.29, 0.717) is 0 Å². The Morgan fingerprint density at radius 3 is 0.0909 bits per heavy atom. The molecule has 0 saturated carbocycles. The summed E-state index contributed by atoms with van der Waals surface area (Å²) in [6.45, 7) is 0. The predicted octanol–water partition coefficient (Wildman–Crippen LogP) is -0.0275. The largest absolute Gasteiger partial charge is 0 e. The summed E-state index contributed by atoms with van der Waals surface area (Å²) in [4.78, 5) is 0. The second-order valence-corrected chi connectivity index (χ2v) is 0. The molecular formula is Y11. The zero-order valence-electron chi connectivity index (χ0n) is 6.35. The van der Waals surface area contributed by atoms with Crippen LogP contribution in [-0.2, 0) is 360 Å². The fourth-order valence-electron chi connectivity index (χ4n) is 0. The Bertz CT molecular complexity index is 0. The minimum Gasteiger partial charge on any atom is 0 e. The van der Waals surface area contributed by atoms with Crippen LogP contribution in [0.3, 0.4) is 0 Å². The summed E-state index contributed by atoms with van der Waals surface area (Å²) in [6.07, 6.45) is 0. The second kappa shape index (κ2) is 67.1. The number of rotatable bonds is 0. The van der Waals surface area contributed by atoms with Crippen molar-refractivity contribution in [2.45, 2.75) is 0 Å². The first-order chi connectivity index (χ1) is 0. The van der Waals surface area contributed by atoms with Gasteiger partial charge < -0.3 is 0 Å². The van der Waals surface area contributed by atoms with Crippen LogP contribution in [0.4, 0.5) is 0 Å². The van der Waals surface area contributed by atoms with Gasteiger partial charge >= 0.3 is 0 Å². The number of hydrogen-bond donors (Lipinski definition) is 0. The third kappa shape index (κ3) is 60.9. The van der Waals surface area contributed by atoms with E-state index < -0.39 is 0 Å². The first kappa shape index (κ1) is 77.0. The van der Waals surface area contributed by atoms with Crippen molar-refractivity contribution < 1.29 is 360 Å². The summed E-state index contributed by atoms with van der Waals surface area (Å²) in [6, 6.07) is 0. The predicted molar refractivity (Wildman–Crippen MR) is 0 cm³/mol. The van der Waals surface area contributed by atoms with Crippen molar-refractivity contribution in [2.24, 2.45) is 0 Å². The summed E-state index contributed by atoms with van der Waals surface area (Å²) in [7, 11) is 0. The fourth-order valence-corrected chi connectivity index (χ4v) is 0. The zero-order valence-corrected chi connectivity index (χ0v) is 37.6. The first-order valence-corrected chi connectivity index (χ1v) is 0. The van der Waals surface area contributed by atoms with Gasteiger partial charge in [-0.1, -0.05) is 0 Å². The Morgan fingerprint density at radius 2 is 0.0909 bits per heavy atom. The Kier molecular flexibility index (Phi) is 470. The minimum absolute atomic E-state index is 0. The van der Waals surface area contributed by atoms with Crippen LogP contribution in [0, 0.1) is 0 Å². The van der Waals surface area contributed by atoms with E-state index in [-0.39, 0.29) is 360 Å². The van der Waals surface area contributed by atoms with E-state index in [1.54, 1.807) is 0 Å². The fraction of sp³-hybridized carbons (Fsp3) is 0. The van der Waals surface area contributed by atoms with Crippen LogP contribution >= 0.6 is 0 Å². The first-order valence-electron chi connectivity index (χ1n) is 0. The summed E-state index contributed by atoms with van der Waals surface area (Å²) < 4.78 is 0. The van der Waals surface area contributed by atoms with Crippen LogP contribution in [0.25, 0.3) is 0 Å². The summed E-state index contributed by atoms with van der Waals surface area (Å²) in [5.74, 6) is 0. The van der Waals surface area contributed by atoms with Crippen molar-refractivity contribution >= 4 is 0 Å². The molecule has 0 aromatic carbocycles. The van der Waals surface area contributed by atoms with Crippen LogP contribution in [-0.4, -0.2) is 0 Å². The van der Waals surface area contributed by atoms with Crippen molar-refractivity contribution in [3.8, 4) is 0 Å². The molecular weight excluding hydrogens is 978 g/mol. The molecule has 0 aliphatic rings. The third-order valence-electron chi connectivity index (χ3n) is 0. The molecule has 0 rings (SSSR count). The van der Waals surface area contributed by atoms with Gasteiger partial charge in [0.05, 0.1) is 0 Å². The molecule has 0 spiro atoms.